The van der Waals surface area contributed by atoms with Crippen molar-refractivity contribution in [1.29, 1.82) is 0 Å². The Morgan fingerprint density at radius 2 is 2.08 bits per heavy atom. The van der Waals surface area contributed by atoms with Crippen LogP contribution in [0.3, 0.4) is 0 Å². The molecule has 3 aliphatic rings. The number of carbonyl (C=O) groups is 1. The van der Waals surface area contributed by atoms with Crippen LogP contribution in [0.15, 0.2) is 18.2 Å². The maximum atomic E-state index is 11.7. The predicted octanol–water partition coefficient (Wildman–Crippen LogP) is 3.03. The van der Waals surface area contributed by atoms with Gasteiger partial charge in [-0.3, -0.25) is 4.79 Å². The summed E-state index contributed by atoms with van der Waals surface area (Å²) in [4.78, 5) is 11.7. The Kier molecular flexibility index (Phi) is 3.33. The number of rotatable bonds is 1. The average Bonchev–Trinajstić information content (AvgIpc) is 2.56. The molecular formula is C20H26NO3+. The number of phenolic OH excluding ortho intramolecular Hbond substituents is 1. The number of carbonyl (C=O) groups excluding carboxylic acids is 1. The van der Waals surface area contributed by atoms with Gasteiger partial charge in [0.25, 0.3) is 0 Å². The Morgan fingerprint density at radius 3 is 2.75 bits per heavy atom. The molecule has 2 unspecified atom stereocenters. The zero-order valence-corrected chi connectivity index (χ0v) is 14.8. The third-order valence-electron chi connectivity index (χ3n) is 6.51. The van der Waals surface area contributed by atoms with Gasteiger partial charge in [0, 0.05) is 35.8 Å². The number of hydrogen-bond acceptors (Lipinski definition) is 3. The van der Waals surface area contributed by atoms with Crippen molar-refractivity contribution in [1.82, 2.24) is 0 Å². The van der Waals surface area contributed by atoms with E-state index in [0.717, 1.165) is 42.3 Å². The van der Waals surface area contributed by atoms with E-state index in [-0.39, 0.29) is 16.9 Å². The number of ketones is 1. The van der Waals surface area contributed by atoms with Crippen molar-refractivity contribution in [2.75, 3.05) is 27.7 Å². The highest BCUT2D eigenvalue weighted by Crippen LogP contribution is 2.57. The minimum Gasteiger partial charge on any atom is -0.504 e. The van der Waals surface area contributed by atoms with Crippen molar-refractivity contribution in [3.05, 3.63) is 34.9 Å². The van der Waals surface area contributed by atoms with Crippen molar-refractivity contribution >= 4 is 5.78 Å². The lowest BCUT2D eigenvalue weighted by Gasteiger charge is -2.50. The van der Waals surface area contributed by atoms with E-state index in [1.54, 1.807) is 13.2 Å². The van der Waals surface area contributed by atoms with Crippen molar-refractivity contribution in [2.45, 2.75) is 43.6 Å². The molecule has 0 saturated heterocycles. The molecule has 1 aromatic carbocycles. The highest BCUT2D eigenvalue weighted by atomic mass is 16.5. The number of nitrogens with zero attached hydrogens (tertiary/aromatic N) is 1. The number of allylic oxidation sites excluding steroid dienone is 2. The number of methoxy groups -OCH3 is 1. The van der Waals surface area contributed by atoms with E-state index in [4.69, 9.17) is 4.74 Å². The zero-order chi connectivity index (χ0) is 17.1. The molecule has 1 spiro atoms. The number of benzene rings is 1. The number of quaternary nitrogens is 1. The van der Waals surface area contributed by atoms with E-state index in [0.29, 0.717) is 18.2 Å². The van der Waals surface area contributed by atoms with E-state index < -0.39 is 0 Å². The van der Waals surface area contributed by atoms with Gasteiger partial charge in [0.1, 0.15) is 6.04 Å². The maximum absolute atomic E-state index is 11.7. The lowest BCUT2D eigenvalue weighted by Crippen LogP contribution is -2.51. The highest BCUT2D eigenvalue weighted by molar-refractivity contribution is 5.91. The largest absolute Gasteiger partial charge is 0.504 e. The van der Waals surface area contributed by atoms with Crippen LogP contribution in [0, 0.1) is 0 Å². The van der Waals surface area contributed by atoms with Crippen molar-refractivity contribution in [2.24, 2.45) is 0 Å². The standard InChI is InChI=1S/C20H25NO3/c1-21(2)11-7-13-12-16(24-3)19(23)18-17(13)15(21)6-10-20(18)8-4-14(22)5-9-20/h4,8,12,15H,5-7,9-11H2,1-3H3/p+1. The number of aromatic hydroxyl groups is 1. The van der Waals surface area contributed by atoms with Gasteiger partial charge in [0.2, 0.25) is 0 Å². The summed E-state index contributed by atoms with van der Waals surface area (Å²) >= 11 is 0. The molecule has 4 nitrogen and oxygen atoms in total. The van der Waals surface area contributed by atoms with Crippen LogP contribution in [-0.2, 0) is 16.6 Å². The average molecular weight is 328 g/mol. The van der Waals surface area contributed by atoms with Crippen LogP contribution in [0.2, 0.25) is 0 Å². The fraction of sp³-hybridized carbons (Fsp3) is 0.550. The molecule has 2 atom stereocenters. The van der Waals surface area contributed by atoms with Crippen LogP contribution in [0.1, 0.15) is 48.4 Å². The van der Waals surface area contributed by atoms with Gasteiger partial charge in [-0.15, -0.1) is 0 Å². The van der Waals surface area contributed by atoms with Crippen molar-refractivity contribution in [3.63, 3.8) is 0 Å². The molecule has 1 aromatic rings. The van der Waals surface area contributed by atoms with Crippen LogP contribution in [0.5, 0.6) is 11.5 Å². The molecule has 4 rings (SSSR count). The molecule has 4 heteroatoms. The predicted molar refractivity (Wildman–Crippen MR) is 92.4 cm³/mol. The molecule has 128 valence electrons. The minimum atomic E-state index is -0.218. The quantitative estimate of drug-likeness (QED) is 0.806. The molecule has 0 fully saturated rings. The molecule has 0 bridgehead atoms. The molecule has 1 N–H and O–H groups in total. The number of phenols is 1. The highest BCUT2D eigenvalue weighted by Gasteiger charge is 2.49. The normalized spacial score (nSPS) is 30.3. The molecule has 1 aliphatic heterocycles. The number of ether oxygens (including phenoxy) is 1. The monoisotopic (exact) mass is 328 g/mol. The second-order valence-electron chi connectivity index (χ2n) is 8.14. The SMILES string of the molecule is COc1cc2c3c(c1O)C1(C=CC(=O)CC1)CCC3[N+](C)(C)CC2. The Labute approximate surface area is 143 Å². The van der Waals surface area contributed by atoms with Gasteiger partial charge in [0.05, 0.1) is 27.7 Å². The molecule has 0 amide bonds. The topological polar surface area (TPSA) is 46.5 Å². The molecule has 1 heterocycles. The van der Waals surface area contributed by atoms with Gasteiger partial charge in [0.15, 0.2) is 17.3 Å². The maximum Gasteiger partial charge on any atom is 0.162 e. The lowest BCUT2D eigenvalue weighted by atomic mass is 9.61. The molecule has 0 saturated carbocycles. The first-order valence-corrected chi connectivity index (χ1v) is 8.86. The Hall–Kier alpha value is -1.81. The summed E-state index contributed by atoms with van der Waals surface area (Å²) in [6.07, 6.45) is 8.20. The van der Waals surface area contributed by atoms with E-state index in [1.165, 1.54) is 11.1 Å². The van der Waals surface area contributed by atoms with Gasteiger partial charge < -0.3 is 14.3 Å². The Balaban J connectivity index is 2.00. The number of fused-ring (bicyclic) bond motifs is 1. The van der Waals surface area contributed by atoms with E-state index in [2.05, 4.69) is 20.2 Å². The smallest absolute Gasteiger partial charge is 0.162 e. The molecular weight excluding hydrogens is 302 g/mol. The van der Waals surface area contributed by atoms with Gasteiger partial charge in [-0.25, -0.2) is 0 Å². The van der Waals surface area contributed by atoms with Gasteiger partial charge >= 0.3 is 0 Å². The Bertz CT molecular complexity index is 750. The lowest BCUT2D eigenvalue weighted by molar-refractivity contribution is -0.924. The molecule has 0 aromatic heterocycles. The fourth-order valence-corrected chi connectivity index (χ4v) is 5.07. The Morgan fingerprint density at radius 1 is 1.29 bits per heavy atom. The summed E-state index contributed by atoms with van der Waals surface area (Å²) in [6, 6.07) is 2.44. The third kappa shape index (κ3) is 2.05. The van der Waals surface area contributed by atoms with Gasteiger partial charge in [-0.1, -0.05) is 6.08 Å². The summed E-state index contributed by atoms with van der Waals surface area (Å²) < 4.78 is 6.44. The van der Waals surface area contributed by atoms with Gasteiger partial charge in [-0.05, 0) is 30.5 Å². The molecule has 0 radical (unpaired) electrons. The zero-order valence-electron chi connectivity index (χ0n) is 14.8. The summed E-state index contributed by atoms with van der Waals surface area (Å²) in [5.74, 6) is 1.04. The second-order valence-corrected chi connectivity index (χ2v) is 8.14. The summed E-state index contributed by atoms with van der Waals surface area (Å²) in [5, 5.41) is 11.0. The number of hydrogen-bond donors (Lipinski definition) is 1. The van der Waals surface area contributed by atoms with Crippen molar-refractivity contribution in [3.8, 4) is 11.5 Å². The van der Waals surface area contributed by atoms with E-state index >= 15 is 0 Å². The van der Waals surface area contributed by atoms with Crippen molar-refractivity contribution < 1.29 is 19.1 Å². The van der Waals surface area contributed by atoms with Crippen LogP contribution >= 0.6 is 0 Å². The third-order valence-corrected chi connectivity index (χ3v) is 6.51. The minimum absolute atomic E-state index is 0.190. The van der Waals surface area contributed by atoms with Crippen LogP contribution in [-0.4, -0.2) is 43.1 Å². The summed E-state index contributed by atoms with van der Waals surface area (Å²) in [6.45, 7) is 1.10. The van der Waals surface area contributed by atoms with Crippen LogP contribution in [0.25, 0.3) is 0 Å². The van der Waals surface area contributed by atoms with E-state index in [9.17, 15) is 9.90 Å². The first-order chi connectivity index (χ1) is 11.4. The fourth-order valence-electron chi connectivity index (χ4n) is 5.07. The first kappa shape index (κ1) is 15.7. The first-order valence-electron chi connectivity index (χ1n) is 8.86. The summed E-state index contributed by atoms with van der Waals surface area (Å²) in [5.41, 5.74) is 3.44. The number of likely N-dealkylation sites (N-methyl/N-ethyl adjacent to an activating group) is 1. The van der Waals surface area contributed by atoms with Gasteiger partial charge in [-0.2, -0.15) is 0 Å². The second kappa shape index (κ2) is 5.09. The van der Waals surface area contributed by atoms with Crippen LogP contribution in [0.4, 0.5) is 0 Å². The van der Waals surface area contributed by atoms with Crippen LogP contribution < -0.4 is 4.74 Å². The molecule has 24 heavy (non-hydrogen) atoms. The molecule has 2 aliphatic carbocycles. The summed E-state index contributed by atoms with van der Waals surface area (Å²) in [7, 11) is 6.19. The van der Waals surface area contributed by atoms with E-state index in [1.807, 2.05) is 6.07 Å².